The van der Waals surface area contributed by atoms with Gasteiger partial charge in [-0.3, -0.25) is 5.32 Å². The predicted molar refractivity (Wildman–Crippen MR) is 73.7 cm³/mol. The molecule has 1 aliphatic heterocycles. The third kappa shape index (κ3) is 1.98. The van der Waals surface area contributed by atoms with Gasteiger partial charge in [0.25, 0.3) is 0 Å². The number of nitrogens with one attached hydrogen (secondary N) is 1. The molecule has 0 spiro atoms. The second kappa shape index (κ2) is 4.63. The molecule has 4 heteroatoms. The summed E-state index contributed by atoms with van der Waals surface area (Å²) in [6.07, 6.45) is 0. The molecule has 0 unspecified atom stereocenters. The lowest BCUT2D eigenvalue weighted by Gasteiger charge is -2.14. The van der Waals surface area contributed by atoms with Crippen LogP contribution in [-0.2, 0) is 4.79 Å². The predicted octanol–water partition coefficient (Wildman–Crippen LogP) is 2.63. The monoisotopic (exact) mass is 259 g/mol. The second-order valence-corrected chi connectivity index (χ2v) is 5.48. The van der Waals surface area contributed by atoms with Gasteiger partial charge >= 0.3 is 5.97 Å². The van der Waals surface area contributed by atoms with Crippen molar-refractivity contribution in [2.45, 2.75) is 11.4 Å². The maximum absolute atomic E-state index is 11.0. The quantitative estimate of drug-likeness (QED) is 0.870. The molecular formula is C14H13NO2S. The highest BCUT2D eigenvalue weighted by molar-refractivity contribution is 8.00. The molecule has 3 rings (SSSR count). The standard InChI is InChI=1S/C14H13NO2S/c16-14(17)13-15-12(8-18-13)11-7-3-5-9-4-1-2-6-10(9)11/h1-7,12-13,15H,8H2,(H,16,17)/t12-,13-/m1/s1. The molecule has 1 fully saturated rings. The summed E-state index contributed by atoms with van der Waals surface area (Å²) in [6.45, 7) is 0. The van der Waals surface area contributed by atoms with E-state index in [1.807, 2.05) is 18.2 Å². The number of rotatable bonds is 2. The number of fused-ring (bicyclic) bond motifs is 1. The summed E-state index contributed by atoms with van der Waals surface area (Å²) in [5.41, 5.74) is 1.18. The second-order valence-electron chi connectivity index (χ2n) is 4.34. The number of hydrogen-bond acceptors (Lipinski definition) is 3. The van der Waals surface area contributed by atoms with Gasteiger partial charge in [0.05, 0.1) is 0 Å². The van der Waals surface area contributed by atoms with Crippen molar-refractivity contribution in [3.05, 3.63) is 48.0 Å². The SMILES string of the molecule is O=C(O)[C@@H]1N[C@@H](c2cccc3ccccc23)CS1. The smallest absolute Gasteiger partial charge is 0.331 e. The van der Waals surface area contributed by atoms with Crippen molar-refractivity contribution in [1.82, 2.24) is 5.32 Å². The Hall–Kier alpha value is -1.52. The molecule has 0 bridgehead atoms. The number of carbonyl (C=O) groups is 1. The van der Waals surface area contributed by atoms with Crippen LogP contribution in [0, 0.1) is 0 Å². The summed E-state index contributed by atoms with van der Waals surface area (Å²) in [5, 5.41) is 14.1. The van der Waals surface area contributed by atoms with E-state index in [4.69, 9.17) is 5.11 Å². The summed E-state index contributed by atoms with van der Waals surface area (Å²) in [6, 6.07) is 14.5. The lowest BCUT2D eigenvalue weighted by molar-refractivity contribution is -0.136. The Morgan fingerprint density at radius 2 is 2.00 bits per heavy atom. The lowest BCUT2D eigenvalue weighted by Crippen LogP contribution is -2.30. The zero-order valence-electron chi connectivity index (χ0n) is 9.67. The molecule has 2 atom stereocenters. The van der Waals surface area contributed by atoms with Crippen molar-refractivity contribution >= 4 is 28.5 Å². The van der Waals surface area contributed by atoms with Crippen molar-refractivity contribution in [3.8, 4) is 0 Å². The highest BCUT2D eigenvalue weighted by Gasteiger charge is 2.30. The summed E-state index contributed by atoms with van der Waals surface area (Å²) < 4.78 is 0. The van der Waals surface area contributed by atoms with Crippen LogP contribution in [0.15, 0.2) is 42.5 Å². The average molecular weight is 259 g/mol. The topological polar surface area (TPSA) is 49.3 Å². The normalized spacial score (nSPS) is 23.3. The Labute approximate surface area is 109 Å². The minimum Gasteiger partial charge on any atom is -0.479 e. The minimum absolute atomic E-state index is 0.113. The minimum atomic E-state index is -0.789. The lowest BCUT2D eigenvalue weighted by atomic mass is 10.00. The van der Waals surface area contributed by atoms with E-state index in [9.17, 15) is 4.79 Å². The highest BCUT2D eigenvalue weighted by Crippen LogP contribution is 2.33. The Bertz CT molecular complexity index is 594. The van der Waals surface area contributed by atoms with E-state index in [2.05, 4.69) is 29.6 Å². The van der Waals surface area contributed by atoms with Crippen molar-refractivity contribution in [2.75, 3.05) is 5.75 Å². The third-order valence-corrected chi connectivity index (χ3v) is 4.40. The average Bonchev–Trinajstić information content (AvgIpc) is 2.87. The summed E-state index contributed by atoms with van der Waals surface area (Å²) in [4.78, 5) is 11.0. The van der Waals surface area contributed by atoms with Crippen LogP contribution in [0.5, 0.6) is 0 Å². The Balaban J connectivity index is 1.98. The summed E-state index contributed by atoms with van der Waals surface area (Å²) in [5.74, 6) is 0.00747. The van der Waals surface area contributed by atoms with Crippen LogP contribution in [-0.4, -0.2) is 22.2 Å². The van der Waals surface area contributed by atoms with Crippen molar-refractivity contribution in [3.63, 3.8) is 0 Å². The largest absolute Gasteiger partial charge is 0.479 e. The maximum atomic E-state index is 11.0. The first-order valence-corrected chi connectivity index (χ1v) is 6.89. The van der Waals surface area contributed by atoms with E-state index in [0.717, 1.165) is 5.75 Å². The molecule has 2 N–H and O–H groups in total. The van der Waals surface area contributed by atoms with E-state index in [1.54, 1.807) is 0 Å². The fraction of sp³-hybridized carbons (Fsp3) is 0.214. The van der Waals surface area contributed by atoms with Gasteiger partial charge in [-0.1, -0.05) is 42.5 Å². The van der Waals surface area contributed by atoms with Gasteiger partial charge in [-0.05, 0) is 16.3 Å². The van der Waals surface area contributed by atoms with E-state index in [0.29, 0.717) is 0 Å². The molecule has 1 saturated heterocycles. The molecule has 0 amide bonds. The Morgan fingerprint density at radius 3 is 2.78 bits per heavy atom. The first kappa shape index (κ1) is 11.6. The van der Waals surface area contributed by atoms with Crippen molar-refractivity contribution < 1.29 is 9.90 Å². The fourth-order valence-electron chi connectivity index (χ4n) is 2.35. The van der Waals surface area contributed by atoms with Gasteiger partial charge in [-0.2, -0.15) is 0 Å². The zero-order chi connectivity index (χ0) is 12.5. The van der Waals surface area contributed by atoms with Crippen LogP contribution in [0.3, 0.4) is 0 Å². The molecule has 0 saturated carbocycles. The van der Waals surface area contributed by atoms with Crippen LogP contribution in [0.1, 0.15) is 11.6 Å². The molecule has 2 aromatic rings. The molecule has 1 heterocycles. The maximum Gasteiger partial charge on any atom is 0.331 e. The molecular weight excluding hydrogens is 246 g/mol. The van der Waals surface area contributed by atoms with Crippen LogP contribution >= 0.6 is 11.8 Å². The molecule has 1 aliphatic rings. The first-order valence-electron chi connectivity index (χ1n) is 5.84. The summed E-state index contributed by atoms with van der Waals surface area (Å²) in [7, 11) is 0. The van der Waals surface area contributed by atoms with Crippen LogP contribution in [0.4, 0.5) is 0 Å². The first-order chi connectivity index (χ1) is 8.75. The van der Waals surface area contributed by atoms with Crippen LogP contribution in [0.2, 0.25) is 0 Å². The zero-order valence-corrected chi connectivity index (χ0v) is 10.5. The summed E-state index contributed by atoms with van der Waals surface area (Å²) >= 11 is 1.45. The van der Waals surface area contributed by atoms with Gasteiger partial charge in [0, 0.05) is 11.8 Å². The molecule has 92 valence electrons. The molecule has 0 radical (unpaired) electrons. The number of thioether (sulfide) groups is 1. The van der Waals surface area contributed by atoms with Crippen molar-refractivity contribution in [2.24, 2.45) is 0 Å². The number of hydrogen-bond donors (Lipinski definition) is 2. The third-order valence-electron chi connectivity index (χ3n) is 3.21. The number of carboxylic acids is 1. The van der Waals surface area contributed by atoms with Gasteiger partial charge in [0.2, 0.25) is 0 Å². The van der Waals surface area contributed by atoms with Gasteiger partial charge < -0.3 is 5.11 Å². The number of aliphatic carboxylic acids is 1. The van der Waals surface area contributed by atoms with Crippen molar-refractivity contribution in [1.29, 1.82) is 0 Å². The van der Waals surface area contributed by atoms with Gasteiger partial charge in [0.1, 0.15) is 0 Å². The Kier molecular flexibility index (Phi) is 2.97. The molecule has 18 heavy (non-hydrogen) atoms. The highest BCUT2D eigenvalue weighted by atomic mass is 32.2. The van der Waals surface area contributed by atoms with Gasteiger partial charge in [-0.15, -0.1) is 11.8 Å². The Morgan fingerprint density at radius 1 is 1.22 bits per heavy atom. The van der Waals surface area contributed by atoms with Gasteiger partial charge in [-0.25, -0.2) is 4.79 Å². The number of benzene rings is 2. The molecule has 3 nitrogen and oxygen atoms in total. The van der Waals surface area contributed by atoms with E-state index < -0.39 is 11.3 Å². The molecule has 0 aromatic heterocycles. The van der Waals surface area contributed by atoms with E-state index >= 15 is 0 Å². The fourth-order valence-corrected chi connectivity index (χ4v) is 3.41. The van der Waals surface area contributed by atoms with E-state index in [-0.39, 0.29) is 6.04 Å². The number of carboxylic acid groups (broad SMARTS) is 1. The van der Waals surface area contributed by atoms with Crippen LogP contribution in [0.25, 0.3) is 10.8 Å². The van der Waals surface area contributed by atoms with Crippen LogP contribution < -0.4 is 5.32 Å². The van der Waals surface area contributed by atoms with Gasteiger partial charge in [0.15, 0.2) is 5.37 Å². The van der Waals surface area contributed by atoms with E-state index in [1.165, 1.54) is 28.1 Å². The molecule has 0 aliphatic carbocycles. The molecule has 2 aromatic carbocycles.